The molecule has 136 valence electrons. The third-order valence-corrected chi connectivity index (χ3v) is 5.27. The molecule has 0 bridgehead atoms. The fourth-order valence-corrected chi connectivity index (χ4v) is 3.67. The van der Waals surface area contributed by atoms with E-state index < -0.39 is 0 Å². The summed E-state index contributed by atoms with van der Waals surface area (Å²) < 4.78 is 21.2. The molecule has 0 aliphatic carbocycles. The Morgan fingerprint density at radius 3 is 2.65 bits per heavy atom. The van der Waals surface area contributed by atoms with Crippen molar-refractivity contribution in [3.8, 4) is 11.6 Å². The summed E-state index contributed by atoms with van der Waals surface area (Å²) in [5, 5.41) is 8.47. The van der Waals surface area contributed by atoms with E-state index in [9.17, 15) is 4.39 Å². The second kappa shape index (κ2) is 7.03. The second-order valence-electron chi connectivity index (χ2n) is 6.95. The minimum Gasteiger partial charge on any atom is -0.418 e. The average molecular weight is 354 g/mol. The molecule has 6 heteroatoms. The monoisotopic (exact) mass is 354 g/mol. The molecule has 3 aromatic rings. The third kappa shape index (κ3) is 3.29. The molecule has 0 amide bonds. The number of aromatic nitrogens is 3. The van der Waals surface area contributed by atoms with Crippen molar-refractivity contribution in [1.29, 1.82) is 0 Å². The van der Waals surface area contributed by atoms with Crippen LogP contribution in [0, 0.1) is 12.7 Å². The summed E-state index contributed by atoms with van der Waals surface area (Å²) in [5.74, 6) is 0.967. The summed E-state index contributed by atoms with van der Waals surface area (Å²) in [7, 11) is 1.99. The highest BCUT2D eigenvalue weighted by molar-refractivity contribution is 5.48. The predicted molar refractivity (Wildman–Crippen MR) is 96.8 cm³/mol. The van der Waals surface area contributed by atoms with Gasteiger partial charge in [0, 0.05) is 18.8 Å². The van der Waals surface area contributed by atoms with Gasteiger partial charge in [0.2, 0.25) is 5.89 Å². The summed E-state index contributed by atoms with van der Waals surface area (Å²) in [6.45, 7) is 3.63. The predicted octanol–water partition coefficient (Wildman–Crippen LogP) is 4.25. The lowest BCUT2D eigenvalue weighted by molar-refractivity contribution is 0.128. The Morgan fingerprint density at radius 2 is 1.92 bits per heavy atom. The van der Waals surface area contributed by atoms with Gasteiger partial charge in [-0.1, -0.05) is 18.6 Å². The minimum atomic E-state index is -0.199. The minimum absolute atomic E-state index is 0.199. The average Bonchev–Trinajstić information content (AvgIpc) is 3.23. The van der Waals surface area contributed by atoms with E-state index in [2.05, 4.69) is 15.1 Å². The zero-order valence-corrected chi connectivity index (χ0v) is 15.2. The van der Waals surface area contributed by atoms with Crippen molar-refractivity contribution in [1.82, 2.24) is 19.7 Å². The van der Waals surface area contributed by atoms with Gasteiger partial charge in [-0.2, -0.15) is 0 Å². The smallest absolute Gasteiger partial charge is 0.264 e. The summed E-state index contributed by atoms with van der Waals surface area (Å²) in [4.78, 5) is 2.35. The number of rotatable bonds is 4. The topological polar surface area (TPSA) is 47.1 Å². The Bertz CT molecular complexity index is 884. The van der Waals surface area contributed by atoms with Gasteiger partial charge in [0.15, 0.2) is 0 Å². The van der Waals surface area contributed by atoms with Crippen molar-refractivity contribution < 1.29 is 8.81 Å². The molecular weight excluding hydrogens is 331 g/mol. The molecule has 0 N–H and O–H groups in total. The zero-order valence-electron chi connectivity index (χ0n) is 15.2. The Labute approximate surface area is 152 Å². The fourth-order valence-electron chi connectivity index (χ4n) is 3.67. The van der Waals surface area contributed by atoms with Gasteiger partial charge in [-0.3, -0.25) is 4.90 Å². The molecule has 1 fully saturated rings. The molecule has 1 aliphatic rings. The number of hydrogen-bond donors (Lipinski definition) is 0. The molecule has 0 saturated carbocycles. The van der Waals surface area contributed by atoms with Crippen LogP contribution in [0.3, 0.4) is 0 Å². The molecule has 0 spiro atoms. The molecule has 1 aromatic carbocycles. The van der Waals surface area contributed by atoms with Crippen LogP contribution in [0.25, 0.3) is 11.6 Å². The number of likely N-dealkylation sites (tertiary alicyclic amines) is 1. The number of hydrogen-bond acceptors (Lipinski definition) is 4. The number of aryl methyl sites for hydroxylation is 1. The van der Waals surface area contributed by atoms with Crippen LogP contribution in [0.2, 0.25) is 0 Å². The first kappa shape index (κ1) is 17.0. The molecular formula is C20H23FN4O. The van der Waals surface area contributed by atoms with Gasteiger partial charge in [-0.25, -0.2) is 4.39 Å². The number of nitrogens with zero attached hydrogens (tertiary/aromatic N) is 4. The molecule has 1 saturated heterocycles. The SMILES string of the molecule is Cc1ccc(-c2nnc(CN3CCCC[C@H]3c3ccc(F)cc3)o2)n1C. The van der Waals surface area contributed by atoms with Crippen LogP contribution in [0.5, 0.6) is 0 Å². The maximum atomic E-state index is 13.2. The first-order chi connectivity index (χ1) is 12.6. The first-order valence-corrected chi connectivity index (χ1v) is 9.06. The van der Waals surface area contributed by atoms with Gasteiger partial charge in [0.25, 0.3) is 5.89 Å². The van der Waals surface area contributed by atoms with Gasteiger partial charge in [-0.15, -0.1) is 10.2 Å². The maximum absolute atomic E-state index is 13.2. The summed E-state index contributed by atoms with van der Waals surface area (Å²) >= 11 is 0. The van der Waals surface area contributed by atoms with Crippen LogP contribution < -0.4 is 0 Å². The van der Waals surface area contributed by atoms with E-state index in [1.54, 1.807) is 0 Å². The first-order valence-electron chi connectivity index (χ1n) is 9.06. The van der Waals surface area contributed by atoms with Crippen molar-refractivity contribution in [3.05, 3.63) is 59.4 Å². The van der Waals surface area contributed by atoms with Crippen LogP contribution in [0.1, 0.15) is 42.5 Å². The Kier molecular flexibility index (Phi) is 4.59. The van der Waals surface area contributed by atoms with Gasteiger partial charge in [0.05, 0.1) is 6.54 Å². The van der Waals surface area contributed by atoms with Gasteiger partial charge < -0.3 is 8.98 Å². The standard InChI is InChI=1S/C20H23FN4O/c1-14-6-11-18(24(14)2)20-23-22-19(26-20)13-25-12-4-3-5-17(25)15-7-9-16(21)10-8-15/h6-11,17H,3-5,12-13H2,1-2H3/t17-/m0/s1. The van der Waals surface area contributed by atoms with Crippen molar-refractivity contribution in [3.63, 3.8) is 0 Å². The summed E-state index contributed by atoms with van der Waals surface area (Å²) in [5.41, 5.74) is 3.21. The largest absolute Gasteiger partial charge is 0.418 e. The highest BCUT2D eigenvalue weighted by atomic mass is 19.1. The van der Waals surface area contributed by atoms with Gasteiger partial charge in [-0.05, 0) is 56.1 Å². The third-order valence-electron chi connectivity index (χ3n) is 5.27. The Hall–Kier alpha value is -2.47. The number of piperidine rings is 1. The Balaban J connectivity index is 1.53. The van der Waals surface area contributed by atoms with Crippen LogP contribution in [0.15, 0.2) is 40.8 Å². The van der Waals surface area contributed by atoms with Crippen LogP contribution in [-0.4, -0.2) is 26.2 Å². The normalized spacial score (nSPS) is 18.3. The van der Waals surface area contributed by atoms with E-state index in [1.807, 2.05) is 42.8 Å². The van der Waals surface area contributed by atoms with Crippen molar-refractivity contribution in [2.45, 2.75) is 38.8 Å². The molecule has 3 heterocycles. The van der Waals surface area contributed by atoms with Crippen LogP contribution >= 0.6 is 0 Å². The molecule has 0 radical (unpaired) electrons. The van der Waals surface area contributed by atoms with Gasteiger partial charge >= 0.3 is 0 Å². The summed E-state index contributed by atoms with van der Waals surface area (Å²) in [6.07, 6.45) is 3.38. The summed E-state index contributed by atoms with van der Waals surface area (Å²) in [6, 6.07) is 11.1. The fraction of sp³-hybridized carbons (Fsp3) is 0.400. The van der Waals surface area contributed by atoms with E-state index in [4.69, 9.17) is 4.42 Å². The van der Waals surface area contributed by atoms with Crippen molar-refractivity contribution in [2.24, 2.45) is 7.05 Å². The van der Waals surface area contributed by atoms with E-state index in [0.29, 0.717) is 18.3 Å². The van der Waals surface area contributed by atoms with E-state index in [-0.39, 0.29) is 11.9 Å². The quantitative estimate of drug-likeness (QED) is 0.703. The molecule has 1 aliphatic heterocycles. The van der Waals surface area contributed by atoms with Crippen LogP contribution in [0.4, 0.5) is 4.39 Å². The lowest BCUT2D eigenvalue weighted by atomic mass is 9.95. The highest BCUT2D eigenvalue weighted by Crippen LogP contribution is 2.32. The lowest BCUT2D eigenvalue weighted by Crippen LogP contribution is -2.33. The Morgan fingerprint density at radius 1 is 1.12 bits per heavy atom. The van der Waals surface area contributed by atoms with E-state index >= 15 is 0 Å². The van der Waals surface area contributed by atoms with Gasteiger partial charge in [0.1, 0.15) is 11.5 Å². The van der Waals surface area contributed by atoms with Crippen LogP contribution in [-0.2, 0) is 13.6 Å². The number of halogens is 1. The number of benzene rings is 1. The van der Waals surface area contributed by atoms with Crippen molar-refractivity contribution >= 4 is 0 Å². The second-order valence-corrected chi connectivity index (χ2v) is 6.95. The highest BCUT2D eigenvalue weighted by Gasteiger charge is 2.26. The molecule has 0 unspecified atom stereocenters. The molecule has 2 aromatic heterocycles. The van der Waals surface area contributed by atoms with E-state index in [1.165, 1.54) is 18.6 Å². The maximum Gasteiger partial charge on any atom is 0.264 e. The molecule has 4 rings (SSSR count). The molecule has 26 heavy (non-hydrogen) atoms. The van der Waals surface area contributed by atoms with E-state index in [0.717, 1.165) is 36.3 Å². The zero-order chi connectivity index (χ0) is 18.1. The molecule has 5 nitrogen and oxygen atoms in total. The lowest BCUT2D eigenvalue weighted by Gasteiger charge is -2.35. The molecule has 1 atom stereocenters. The van der Waals surface area contributed by atoms with Crippen molar-refractivity contribution in [2.75, 3.05) is 6.54 Å².